The Hall–Kier alpha value is -3.87. The first-order chi connectivity index (χ1) is 13.6. The quantitative estimate of drug-likeness (QED) is 0.657. The molecule has 10 nitrogen and oxygen atoms in total. The molecule has 3 aromatic heterocycles. The number of rotatable bonds is 3. The van der Waals surface area contributed by atoms with E-state index in [-0.39, 0.29) is 23.0 Å². The van der Waals surface area contributed by atoms with Crippen LogP contribution in [0.1, 0.15) is 24.4 Å². The number of nitrogens with zero attached hydrogens (tertiary/aromatic N) is 5. The van der Waals surface area contributed by atoms with Gasteiger partial charge in [-0.1, -0.05) is 0 Å². The van der Waals surface area contributed by atoms with E-state index in [9.17, 15) is 9.59 Å². The normalized spacial score (nSPS) is 14.8. The summed E-state index contributed by atoms with van der Waals surface area (Å²) in [4.78, 5) is 36.4. The Morgan fingerprint density at radius 2 is 2.14 bits per heavy atom. The molecule has 0 aliphatic carbocycles. The van der Waals surface area contributed by atoms with Gasteiger partial charge in [0.25, 0.3) is 0 Å². The lowest BCUT2D eigenvalue weighted by molar-refractivity contribution is 0.144. The van der Waals surface area contributed by atoms with Crippen molar-refractivity contribution in [1.82, 2.24) is 19.5 Å². The molecule has 4 heterocycles. The number of aromatic amines is 1. The van der Waals surface area contributed by atoms with E-state index in [4.69, 9.17) is 10.4 Å². The lowest BCUT2D eigenvalue weighted by Gasteiger charge is -2.33. The van der Waals surface area contributed by atoms with E-state index in [0.717, 1.165) is 5.52 Å². The van der Waals surface area contributed by atoms with Gasteiger partial charge in [0, 0.05) is 31.4 Å². The standard InChI is InChI=1S/C18H16N6O4/c19-9-11-10-21-15(8-14(11)28-18(26)27)23-6-3-12(4-7-23)24-13-2-1-5-20-16(13)22-17(24)25/h1-2,5,8,10,12H,3-4,6-7H2,(H,26,27)(H,20,22,25). The van der Waals surface area contributed by atoms with E-state index in [1.54, 1.807) is 16.8 Å². The first-order valence-electron chi connectivity index (χ1n) is 8.68. The smallest absolute Gasteiger partial charge is 0.449 e. The second-order valence-corrected chi connectivity index (χ2v) is 6.41. The number of ether oxygens (including phenoxy) is 1. The summed E-state index contributed by atoms with van der Waals surface area (Å²) in [5.41, 5.74) is 1.22. The van der Waals surface area contributed by atoms with Gasteiger partial charge in [-0.05, 0) is 25.0 Å². The molecule has 0 spiro atoms. The molecule has 3 aromatic rings. The molecule has 0 bridgehead atoms. The minimum Gasteiger partial charge on any atom is -0.449 e. The van der Waals surface area contributed by atoms with Gasteiger partial charge in [-0.2, -0.15) is 5.26 Å². The molecular formula is C18H16N6O4. The summed E-state index contributed by atoms with van der Waals surface area (Å²) in [5, 5.41) is 17.9. The van der Waals surface area contributed by atoms with E-state index < -0.39 is 6.16 Å². The van der Waals surface area contributed by atoms with Gasteiger partial charge < -0.3 is 14.7 Å². The number of hydrogen-bond acceptors (Lipinski definition) is 7. The summed E-state index contributed by atoms with van der Waals surface area (Å²) in [5.74, 6) is 0.489. The van der Waals surface area contributed by atoms with Crippen molar-refractivity contribution in [3.05, 3.63) is 46.6 Å². The molecular weight excluding hydrogens is 364 g/mol. The molecule has 2 N–H and O–H groups in total. The van der Waals surface area contributed by atoms with Crippen LogP contribution in [0.25, 0.3) is 11.2 Å². The number of nitriles is 1. The largest absolute Gasteiger partial charge is 0.511 e. The maximum absolute atomic E-state index is 12.3. The number of carbonyl (C=O) groups is 1. The molecule has 142 valence electrons. The minimum atomic E-state index is -1.49. The number of carboxylic acid groups (broad SMARTS) is 1. The first-order valence-corrected chi connectivity index (χ1v) is 8.68. The van der Waals surface area contributed by atoms with Crippen molar-refractivity contribution in [2.24, 2.45) is 0 Å². The minimum absolute atomic E-state index is 0.0230. The van der Waals surface area contributed by atoms with Crippen LogP contribution in [0, 0.1) is 11.3 Å². The van der Waals surface area contributed by atoms with Crippen LogP contribution in [0.15, 0.2) is 35.4 Å². The molecule has 1 saturated heterocycles. The SMILES string of the molecule is N#Cc1cnc(N2CCC(n3c(=O)[nH]c4ncccc43)CC2)cc1OC(=O)O. The van der Waals surface area contributed by atoms with E-state index in [0.29, 0.717) is 37.4 Å². The van der Waals surface area contributed by atoms with Crippen molar-refractivity contribution in [2.75, 3.05) is 18.0 Å². The second kappa shape index (κ2) is 7.03. The van der Waals surface area contributed by atoms with E-state index in [2.05, 4.69) is 19.7 Å². The fraction of sp³-hybridized carbons (Fsp3) is 0.278. The highest BCUT2D eigenvalue weighted by Gasteiger charge is 2.25. The second-order valence-electron chi connectivity index (χ2n) is 6.41. The highest BCUT2D eigenvalue weighted by Crippen LogP contribution is 2.29. The van der Waals surface area contributed by atoms with Gasteiger partial charge in [0.2, 0.25) is 0 Å². The van der Waals surface area contributed by atoms with Crippen LogP contribution >= 0.6 is 0 Å². The Morgan fingerprint density at radius 3 is 2.86 bits per heavy atom. The zero-order valence-electron chi connectivity index (χ0n) is 14.7. The van der Waals surface area contributed by atoms with Crippen molar-refractivity contribution in [1.29, 1.82) is 5.26 Å². The van der Waals surface area contributed by atoms with E-state index >= 15 is 0 Å². The number of pyridine rings is 2. The summed E-state index contributed by atoms with van der Waals surface area (Å²) in [6.45, 7) is 1.24. The average Bonchev–Trinajstić information content (AvgIpc) is 3.03. The molecule has 0 unspecified atom stereocenters. The molecule has 28 heavy (non-hydrogen) atoms. The topological polar surface area (TPSA) is 137 Å². The molecule has 0 saturated carbocycles. The highest BCUT2D eigenvalue weighted by atomic mass is 16.7. The van der Waals surface area contributed by atoms with Crippen LogP contribution in [0.4, 0.5) is 10.6 Å². The van der Waals surface area contributed by atoms with Gasteiger partial charge in [-0.15, -0.1) is 0 Å². The maximum atomic E-state index is 12.3. The zero-order chi connectivity index (χ0) is 19.7. The number of piperidine rings is 1. The predicted molar refractivity (Wildman–Crippen MR) is 98.4 cm³/mol. The third kappa shape index (κ3) is 3.14. The number of fused-ring (bicyclic) bond motifs is 1. The molecule has 0 atom stereocenters. The van der Waals surface area contributed by atoms with Gasteiger partial charge in [0.15, 0.2) is 11.4 Å². The lowest BCUT2D eigenvalue weighted by atomic mass is 10.0. The molecule has 0 aromatic carbocycles. The monoisotopic (exact) mass is 380 g/mol. The summed E-state index contributed by atoms with van der Waals surface area (Å²) >= 11 is 0. The van der Waals surface area contributed by atoms with Crippen molar-refractivity contribution >= 4 is 23.1 Å². The lowest BCUT2D eigenvalue weighted by Crippen LogP contribution is -2.37. The van der Waals surface area contributed by atoms with Crippen molar-refractivity contribution in [2.45, 2.75) is 18.9 Å². The van der Waals surface area contributed by atoms with Crippen molar-refractivity contribution in [3.8, 4) is 11.8 Å². The summed E-state index contributed by atoms with van der Waals surface area (Å²) in [6, 6.07) is 7.00. The Kier molecular flexibility index (Phi) is 4.41. The van der Waals surface area contributed by atoms with Gasteiger partial charge >= 0.3 is 11.8 Å². The molecule has 1 aliphatic rings. The van der Waals surface area contributed by atoms with Gasteiger partial charge in [-0.3, -0.25) is 9.55 Å². The van der Waals surface area contributed by atoms with Gasteiger partial charge in [0.1, 0.15) is 17.5 Å². The Morgan fingerprint density at radius 1 is 1.36 bits per heavy atom. The Bertz CT molecular complexity index is 1140. The Labute approximate surface area is 158 Å². The molecule has 1 aliphatic heterocycles. The van der Waals surface area contributed by atoms with E-state index in [1.165, 1.54) is 12.3 Å². The number of anilines is 1. The molecule has 1 fully saturated rings. The summed E-state index contributed by atoms with van der Waals surface area (Å²) < 4.78 is 6.42. The van der Waals surface area contributed by atoms with Crippen molar-refractivity contribution in [3.63, 3.8) is 0 Å². The number of aromatic nitrogens is 4. The van der Waals surface area contributed by atoms with Crippen LogP contribution in [-0.4, -0.2) is 43.9 Å². The van der Waals surface area contributed by atoms with Crippen LogP contribution < -0.4 is 15.3 Å². The third-order valence-electron chi connectivity index (χ3n) is 4.81. The molecule has 4 rings (SSSR count). The van der Waals surface area contributed by atoms with E-state index in [1.807, 2.05) is 17.0 Å². The first kappa shape index (κ1) is 17.5. The van der Waals surface area contributed by atoms with Crippen LogP contribution in [0.3, 0.4) is 0 Å². The van der Waals surface area contributed by atoms with Crippen LogP contribution in [0.2, 0.25) is 0 Å². The fourth-order valence-corrected chi connectivity index (χ4v) is 3.54. The summed E-state index contributed by atoms with van der Waals surface area (Å²) in [6.07, 6.45) is 2.87. The highest BCUT2D eigenvalue weighted by molar-refractivity contribution is 5.70. The van der Waals surface area contributed by atoms with Crippen LogP contribution in [-0.2, 0) is 0 Å². The van der Waals surface area contributed by atoms with Gasteiger partial charge in [0.05, 0.1) is 11.7 Å². The van der Waals surface area contributed by atoms with Crippen molar-refractivity contribution < 1.29 is 14.6 Å². The number of H-pyrrole nitrogens is 1. The third-order valence-corrected chi connectivity index (χ3v) is 4.81. The zero-order valence-corrected chi connectivity index (χ0v) is 14.7. The molecule has 10 heteroatoms. The molecule has 0 amide bonds. The maximum Gasteiger partial charge on any atom is 0.511 e. The molecule has 0 radical (unpaired) electrons. The number of nitrogens with one attached hydrogen (secondary N) is 1. The average molecular weight is 380 g/mol. The Balaban J connectivity index is 1.54. The number of imidazole rings is 1. The predicted octanol–water partition coefficient (Wildman–Crippen LogP) is 1.89. The number of hydrogen-bond donors (Lipinski definition) is 2. The van der Waals surface area contributed by atoms with Crippen LogP contribution in [0.5, 0.6) is 5.75 Å². The van der Waals surface area contributed by atoms with Gasteiger partial charge in [-0.25, -0.2) is 19.6 Å². The fourth-order valence-electron chi connectivity index (χ4n) is 3.54. The summed E-state index contributed by atoms with van der Waals surface area (Å²) in [7, 11) is 0.